The summed E-state index contributed by atoms with van der Waals surface area (Å²) in [6, 6.07) is 2.01. The summed E-state index contributed by atoms with van der Waals surface area (Å²) < 4.78 is 0. The predicted octanol–water partition coefficient (Wildman–Crippen LogP) is 1.71. The van der Waals surface area contributed by atoms with Gasteiger partial charge in [-0.25, -0.2) is 4.79 Å². The van der Waals surface area contributed by atoms with Crippen LogP contribution in [-0.4, -0.2) is 38.8 Å². The van der Waals surface area contributed by atoms with Crippen molar-refractivity contribution in [2.75, 3.05) is 0 Å². The van der Waals surface area contributed by atoms with Gasteiger partial charge < -0.3 is 5.11 Å². The monoisotopic (exact) mass is 288 g/mol. The Morgan fingerprint density at radius 3 is 2.57 bits per heavy atom. The van der Waals surface area contributed by atoms with Crippen LogP contribution in [0.5, 0.6) is 0 Å². The zero-order valence-corrected chi connectivity index (χ0v) is 11.5. The second kappa shape index (κ2) is 5.27. The van der Waals surface area contributed by atoms with Crippen LogP contribution >= 0.6 is 0 Å². The van der Waals surface area contributed by atoms with Crippen LogP contribution in [-0.2, 0) is 4.79 Å². The quantitative estimate of drug-likeness (QED) is 0.855. The first kappa shape index (κ1) is 13.7. The molecule has 1 atom stereocenters. The van der Waals surface area contributed by atoms with E-state index in [0.717, 1.165) is 37.0 Å². The molecule has 110 valence electrons. The number of carbonyl (C=O) groups excluding carboxylic acids is 2. The van der Waals surface area contributed by atoms with Gasteiger partial charge in [-0.05, 0) is 30.9 Å². The standard InChI is InChI=1S/C15H16N2O4/c18-13-10-7-4-8-16-11(10)14(19)17(13)12(15(20)21)9-5-2-1-3-6-9/h4,7-9,12H,1-3,5-6H2,(H,20,21). The Morgan fingerprint density at radius 1 is 1.24 bits per heavy atom. The lowest BCUT2D eigenvalue weighted by molar-refractivity contribution is -0.144. The van der Waals surface area contributed by atoms with E-state index in [1.165, 1.54) is 12.3 Å². The van der Waals surface area contributed by atoms with Crippen molar-refractivity contribution >= 4 is 17.8 Å². The minimum atomic E-state index is -1.11. The van der Waals surface area contributed by atoms with Gasteiger partial charge in [0.2, 0.25) is 0 Å². The first-order valence-corrected chi connectivity index (χ1v) is 7.17. The number of carbonyl (C=O) groups is 3. The van der Waals surface area contributed by atoms with Crippen LogP contribution < -0.4 is 0 Å². The van der Waals surface area contributed by atoms with Gasteiger partial charge in [0.15, 0.2) is 0 Å². The molecule has 3 rings (SSSR count). The Bertz CT molecular complexity index is 572. The van der Waals surface area contributed by atoms with Gasteiger partial charge in [0.25, 0.3) is 11.8 Å². The van der Waals surface area contributed by atoms with Crippen LogP contribution in [0.2, 0.25) is 0 Å². The number of carboxylic acid groups (broad SMARTS) is 1. The number of hydrogen-bond acceptors (Lipinski definition) is 4. The number of fused-ring (bicyclic) bond motifs is 1. The summed E-state index contributed by atoms with van der Waals surface area (Å²) in [7, 11) is 0. The molecule has 1 aliphatic heterocycles. The second-order valence-corrected chi connectivity index (χ2v) is 5.56. The molecule has 1 saturated carbocycles. The minimum absolute atomic E-state index is 0.0598. The number of imide groups is 1. The molecule has 21 heavy (non-hydrogen) atoms. The SMILES string of the molecule is O=C(O)C(C1CCCCC1)N1C(=O)c2cccnc2C1=O. The number of aromatic nitrogens is 1. The molecule has 1 unspecified atom stereocenters. The molecule has 1 aliphatic carbocycles. The highest BCUT2D eigenvalue weighted by molar-refractivity contribution is 6.21. The average Bonchev–Trinajstić information content (AvgIpc) is 2.74. The number of aliphatic carboxylic acids is 1. The van der Waals surface area contributed by atoms with E-state index in [9.17, 15) is 19.5 Å². The van der Waals surface area contributed by atoms with E-state index in [0.29, 0.717) is 0 Å². The molecule has 1 fully saturated rings. The normalized spacial score (nSPS) is 20.5. The van der Waals surface area contributed by atoms with Crippen molar-refractivity contribution in [3.8, 4) is 0 Å². The maximum Gasteiger partial charge on any atom is 0.327 e. The molecule has 6 heteroatoms. The van der Waals surface area contributed by atoms with Crippen LogP contribution in [0.1, 0.15) is 53.0 Å². The van der Waals surface area contributed by atoms with Gasteiger partial charge in [-0.3, -0.25) is 19.5 Å². The van der Waals surface area contributed by atoms with Crippen molar-refractivity contribution in [2.24, 2.45) is 5.92 Å². The van der Waals surface area contributed by atoms with E-state index >= 15 is 0 Å². The molecule has 2 heterocycles. The van der Waals surface area contributed by atoms with Crippen molar-refractivity contribution in [3.63, 3.8) is 0 Å². The molecule has 1 aromatic heterocycles. The fraction of sp³-hybridized carbons (Fsp3) is 0.467. The van der Waals surface area contributed by atoms with Gasteiger partial charge in [-0.15, -0.1) is 0 Å². The Kier molecular flexibility index (Phi) is 3.45. The average molecular weight is 288 g/mol. The highest BCUT2D eigenvalue weighted by Gasteiger charge is 2.46. The highest BCUT2D eigenvalue weighted by Crippen LogP contribution is 2.33. The Balaban J connectivity index is 1.96. The Labute approximate surface area is 121 Å². The van der Waals surface area contributed by atoms with E-state index in [4.69, 9.17) is 0 Å². The maximum absolute atomic E-state index is 12.4. The fourth-order valence-corrected chi connectivity index (χ4v) is 3.31. The summed E-state index contributed by atoms with van der Waals surface area (Å²) in [4.78, 5) is 41.3. The largest absolute Gasteiger partial charge is 0.480 e. The molecule has 1 N–H and O–H groups in total. The molecule has 0 saturated heterocycles. The summed E-state index contributed by atoms with van der Waals surface area (Å²) in [5.41, 5.74) is 0.258. The molecule has 0 aromatic carbocycles. The van der Waals surface area contributed by atoms with Gasteiger partial charge in [0, 0.05) is 6.20 Å². The molecule has 0 bridgehead atoms. The van der Waals surface area contributed by atoms with Gasteiger partial charge in [-0.2, -0.15) is 0 Å². The van der Waals surface area contributed by atoms with E-state index in [1.54, 1.807) is 6.07 Å². The zero-order valence-electron chi connectivity index (χ0n) is 11.5. The van der Waals surface area contributed by atoms with Gasteiger partial charge in [0.05, 0.1) is 5.56 Å². The molecular formula is C15H16N2O4. The number of carboxylic acids is 1. The van der Waals surface area contributed by atoms with Gasteiger partial charge >= 0.3 is 5.97 Å². The molecular weight excluding hydrogens is 272 g/mol. The van der Waals surface area contributed by atoms with Crippen LogP contribution in [0.3, 0.4) is 0 Å². The van der Waals surface area contributed by atoms with Crippen LogP contribution in [0.4, 0.5) is 0 Å². The summed E-state index contributed by atoms with van der Waals surface area (Å²) in [6.45, 7) is 0. The third-order valence-corrected chi connectivity index (χ3v) is 4.31. The summed E-state index contributed by atoms with van der Waals surface area (Å²) in [5.74, 6) is -2.41. The maximum atomic E-state index is 12.4. The highest BCUT2D eigenvalue weighted by atomic mass is 16.4. The van der Waals surface area contributed by atoms with E-state index < -0.39 is 23.8 Å². The van der Waals surface area contributed by atoms with E-state index in [1.807, 2.05) is 0 Å². The van der Waals surface area contributed by atoms with E-state index in [2.05, 4.69) is 4.98 Å². The first-order chi connectivity index (χ1) is 10.1. The van der Waals surface area contributed by atoms with Crippen molar-refractivity contribution in [3.05, 3.63) is 29.6 Å². The molecule has 6 nitrogen and oxygen atoms in total. The van der Waals surface area contributed by atoms with Gasteiger partial charge in [0.1, 0.15) is 11.7 Å². The van der Waals surface area contributed by atoms with Crippen LogP contribution in [0.25, 0.3) is 0 Å². The molecule has 0 spiro atoms. The lowest BCUT2D eigenvalue weighted by Crippen LogP contribution is -2.49. The zero-order chi connectivity index (χ0) is 15.0. The third kappa shape index (κ3) is 2.20. The fourth-order valence-electron chi connectivity index (χ4n) is 3.31. The second-order valence-electron chi connectivity index (χ2n) is 5.56. The predicted molar refractivity (Wildman–Crippen MR) is 72.7 cm³/mol. The number of rotatable bonds is 3. The summed E-state index contributed by atoms with van der Waals surface area (Å²) in [6.07, 6.45) is 5.86. The smallest absolute Gasteiger partial charge is 0.327 e. The number of amides is 2. The van der Waals surface area contributed by atoms with Crippen molar-refractivity contribution in [2.45, 2.75) is 38.1 Å². The minimum Gasteiger partial charge on any atom is -0.480 e. The number of hydrogen-bond donors (Lipinski definition) is 1. The molecule has 0 radical (unpaired) electrons. The molecule has 2 amide bonds. The summed E-state index contributed by atoms with van der Waals surface area (Å²) >= 11 is 0. The van der Waals surface area contributed by atoms with Crippen LogP contribution in [0.15, 0.2) is 18.3 Å². The Hall–Kier alpha value is -2.24. The Morgan fingerprint density at radius 2 is 1.95 bits per heavy atom. The lowest BCUT2D eigenvalue weighted by Gasteiger charge is -2.32. The number of nitrogens with zero attached hydrogens (tertiary/aromatic N) is 2. The van der Waals surface area contributed by atoms with Crippen molar-refractivity contribution < 1.29 is 19.5 Å². The lowest BCUT2D eigenvalue weighted by atomic mass is 9.83. The summed E-state index contributed by atoms with van der Waals surface area (Å²) in [5, 5.41) is 9.53. The van der Waals surface area contributed by atoms with Crippen molar-refractivity contribution in [1.82, 2.24) is 9.88 Å². The van der Waals surface area contributed by atoms with E-state index in [-0.39, 0.29) is 17.2 Å². The third-order valence-electron chi connectivity index (χ3n) is 4.31. The molecule has 1 aromatic rings. The number of pyridine rings is 1. The van der Waals surface area contributed by atoms with Crippen LogP contribution in [0, 0.1) is 5.92 Å². The first-order valence-electron chi connectivity index (χ1n) is 7.17. The van der Waals surface area contributed by atoms with Crippen molar-refractivity contribution in [1.29, 1.82) is 0 Å². The molecule has 2 aliphatic rings. The topological polar surface area (TPSA) is 87.6 Å². The van der Waals surface area contributed by atoms with Gasteiger partial charge in [-0.1, -0.05) is 19.3 Å².